The molecule has 9 heteroatoms. The fourth-order valence-electron chi connectivity index (χ4n) is 4.05. The second kappa shape index (κ2) is 12.4. The minimum atomic E-state index is -4.32. The number of sulfonamides is 1. The van der Waals surface area contributed by atoms with E-state index in [0.29, 0.717) is 6.42 Å². The Kier molecular flexibility index (Phi) is 9.50. The molecule has 0 bridgehead atoms. The highest BCUT2D eigenvalue weighted by atomic mass is 32.2. The number of benzene rings is 3. The molecule has 0 radical (unpaired) electrons. The van der Waals surface area contributed by atoms with Gasteiger partial charge >= 0.3 is 0 Å². The van der Waals surface area contributed by atoms with Crippen LogP contribution in [-0.2, 0) is 26.0 Å². The number of hydrogen-bond acceptors (Lipinski definition) is 4. The van der Waals surface area contributed by atoms with Crippen molar-refractivity contribution in [3.05, 3.63) is 95.8 Å². The van der Waals surface area contributed by atoms with E-state index in [9.17, 15) is 22.4 Å². The molecule has 0 aliphatic heterocycles. The lowest BCUT2D eigenvalue weighted by Crippen LogP contribution is -2.55. The second-order valence-electron chi connectivity index (χ2n) is 10.5. The van der Waals surface area contributed by atoms with E-state index in [-0.39, 0.29) is 23.0 Å². The number of para-hydroxylation sites is 1. The Hall–Kier alpha value is -3.72. The highest BCUT2D eigenvalue weighted by Gasteiger charge is 2.34. The normalized spacial score (nSPS) is 12.5. The molecule has 3 rings (SSSR count). The van der Waals surface area contributed by atoms with Gasteiger partial charge in [-0.25, -0.2) is 12.8 Å². The first-order chi connectivity index (χ1) is 18.3. The molecule has 0 spiro atoms. The maximum Gasteiger partial charge on any atom is 0.264 e. The third-order valence-corrected chi connectivity index (χ3v) is 7.93. The summed E-state index contributed by atoms with van der Waals surface area (Å²) < 4.78 is 43.2. The maximum atomic E-state index is 14.9. The SMILES string of the molecule is Cc1ccc(S(=O)(=O)N(CC(=O)N(CCc2ccccc2)C(C)C(=O)NC(C)(C)C)c2ccccc2F)cc1. The van der Waals surface area contributed by atoms with Gasteiger partial charge < -0.3 is 10.2 Å². The van der Waals surface area contributed by atoms with E-state index in [4.69, 9.17) is 0 Å². The highest BCUT2D eigenvalue weighted by Crippen LogP contribution is 2.27. The van der Waals surface area contributed by atoms with Crippen LogP contribution in [0.1, 0.15) is 38.8 Å². The van der Waals surface area contributed by atoms with Crippen molar-refractivity contribution in [2.45, 2.75) is 57.5 Å². The minimum Gasteiger partial charge on any atom is -0.350 e. The number of anilines is 1. The van der Waals surface area contributed by atoms with E-state index >= 15 is 0 Å². The van der Waals surface area contributed by atoms with E-state index < -0.39 is 39.9 Å². The van der Waals surface area contributed by atoms with Crippen molar-refractivity contribution in [2.75, 3.05) is 17.4 Å². The van der Waals surface area contributed by atoms with Crippen molar-refractivity contribution in [2.24, 2.45) is 0 Å². The molecular weight excluding hydrogens is 517 g/mol. The van der Waals surface area contributed by atoms with Crippen molar-refractivity contribution < 1.29 is 22.4 Å². The lowest BCUT2D eigenvalue weighted by atomic mass is 10.1. The standard InChI is InChI=1S/C30H36FN3O4S/c1-22-15-17-25(18-16-22)39(37,38)34(27-14-10-9-13-26(27)31)21-28(35)33(20-19-24-11-7-6-8-12-24)23(2)29(36)32-30(3,4)5/h6-18,23H,19-21H2,1-5H3,(H,32,36). The number of amides is 2. The molecule has 2 amide bonds. The molecule has 0 saturated carbocycles. The predicted octanol–water partition coefficient (Wildman–Crippen LogP) is 4.70. The number of aryl methyl sites for hydroxylation is 1. The molecule has 3 aromatic rings. The summed E-state index contributed by atoms with van der Waals surface area (Å²) >= 11 is 0. The summed E-state index contributed by atoms with van der Waals surface area (Å²) in [4.78, 5) is 28.2. The predicted molar refractivity (Wildman–Crippen MR) is 151 cm³/mol. The van der Waals surface area contributed by atoms with Crippen molar-refractivity contribution in [1.82, 2.24) is 10.2 Å². The molecule has 0 fully saturated rings. The summed E-state index contributed by atoms with van der Waals surface area (Å²) in [6.07, 6.45) is 0.449. The number of carbonyl (C=O) groups is 2. The van der Waals surface area contributed by atoms with Gasteiger partial charge in [0.15, 0.2) is 0 Å². The number of carbonyl (C=O) groups excluding carboxylic acids is 2. The molecule has 0 saturated heterocycles. The average Bonchev–Trinajstić information content (AvgIpc) is 2.87. The Labute approximate surface area is 230 Å². The van der Waals surface area contributed by atoms with Crippen LogP contribution in [0, 0.1) is 12.7 Å². The van der Waals surface area contributed by atoms with Crippen LogP contribution in [0.15, 0.2) is 83.8 Å². The van der Waals surface area contributed by atoms with Crippen molar-refractivity contribution >= 4 is 27.5 Å². The Morgan fingerprint density at radius 2 is 1.51 bits per heavy atom. The van der Waals surface area contributed by atoms with E-state index in [1.54, 1.807) is 19.1 Å². The van der Waals surface area contributed by atoms with Gasteiger partial charge in [-0.3, -0.25) is 13.9 Å². The second-order valence-corrected chi connectivity index (χ2v) is 12.4. The lowest BCUT2D eigenvalue weighted by Gasteiger charge is -2.33. The van der Waals surface area contributed by atoms with Crippen LogP contribution < -0.4 is 9.62 Å². The summed E-state index contributed by atoms with van der Waals surface area (Å²) in [6.45, 7) is 8.41. The van der Waals surface area contributed by atoms with E-state index in [1.165, 1.54) is 35.2 Å². The third kappa shape index (κ3) is 7.89. The van der Waals surface area contributed by atoms with Crippen molar-refractivity contribution in [3.63, 3.8) is 0 Å². The molecule has 1 N–H and O–H groups in total. The third-order valence-electron chi connectivity index (χ3n) is 6.16. The maximum absolute atomic E-state index is 14.9. The molecule has 3 aromatic carbocycles. The minimum absolute atomic E-state index is 0.0708. The van der Waals surface area contributed by atoms with Crippen LogP contribution in [0.4, 0.5) is 10.1 Å². The molecule has 0 aliphatic carbocycles. The number of hydrogen-bond donors (Lipinski definition) is 1. The fourth-order valence-corrected chi connectivity index (χ4v) is 5.47. The molecule has 208 valence electrons. The van der Waals surface area contributed by atoms with Gasteiger partial charge in [0.25, 0.3) is 10.0 Å². The number of halogens is 1. The Bertz CT molecular complexity index is 1390. The van der Waals surface area contributed by atoms with Crippen LogP contribution in [0.25, 0.3) is 0 Å². The first kappa shape index (κ1) is 29.8. The van der Waals surface area contributed by atoms with Crippen LogP contribution in [0.5, 0.6) is 0 Å². The number of rotatable bonds is 10. The Morgan fingerprint density at radius 3 is 2.10 bits per heavy atom. The average molecular weight is 554 g/mol. The Balaban J connectivity index is 1.99. The van der Waals surface area contributed by atoms with Crippen LogP contribution in [0.2, 0.25) is 0 Å². The van der Waals surface area contributed by atoms with Gasteiger partial charge in [0.2, 0.25) is 11.8 Å². The van der Waals surface area contributed by atoms with E-state index in [0.717, 1.165) is 21.5 Å². The van der Waals surface area contributed by atoms with Gasteiger partial charge in [0, 0.05) is 12.1 Å². The molecule has 0 aromatic heterocycles. The Morgan fingerprint density at radius 1 is 0.923 bits per heavy atom. The molecule has 1 atom stereocenters. The van der Waals surface area contributed by atoms with E-state index in [1.807, 2.05) is 58.0 Å². The topological polar surface area (TPSA) is 86.8 Å². The van der Waals surface area contributed by atoms with Gasteiger partial charge in [-0.15, -0.1) is 0 Å². The summed E-state index contributed by atoms with van der Waals surface area (Å²) in [5.41, 5.74) is 1.03. The molecule has 1 unspecified atom stereocenters. The molecular formula is C30H36FN3O4S. The summed E-state index contributed by atoms with van der Waals surface area (Å²) in [7, 11) is -4.32. The van der Waals surface area contributed by atoms with Gasteiger partial charge in [0.1, 0.15) is 18.4 Å². The molecule has 39 heavy (non-hydrogen) atoms. The van der Waals surface area contributed by atoms with Crippen molar-refractivity contribution in [3.8, 4) is 0 Å². The van der Waals surface area contributed by atoms with Gasteiger partial charge in [-0.05, 0) is 70.9 Å². The lowest BCUT2D eigenvalue weighted by molar-refractivity contribution is -0.139. The van der Waals surface area contributed by atoms with Crippen LogP contribution >= 0.6 is 0 Å². The zero-order valence-corrected chi connectivity index (χ0v) is 23.8. The monoisotopic (exact) mass is 553 g/mol. The van der Waals surface area contributed by atoms with E-state index in [2.05, 4.69) is 5.32 Å². The zero-order chi connectivity index (χ0) is 28.8. The number of nitrogens with zero attached hydrogens (tertiary/aromatic N) is 2. The van der Waals surface area contributed by atoms with Gasteiger partial charge in [-0.1, -0.05) is 60.2 Å². The van der Waals surface area contributed by atoms with Crippen LogP contribution in [0.3, 0.4) is 0 Å². The zero-order valence-electron chi connectivity index (χ0n) is 23.0. The smallest absolute Gasteiger partial charge is 0.264 e. The van der Waals surface area contributed by atoms with Gasteiger partial charge in [0.05, 0.1) is 10.6 Å². The summed E-state index contributed by atoms with van der Waals surface area (Å²) in [5.74, 6) is -1.78. The summed E-state index contributed by atoms with van der Waals surface area (Å²) in [5, 5.41) is 2.88. The molecule has 0 heterocycles. The fraction of sp³-hybridized carbons (Fsp3) is 0.333. The van der Waals surface area contributed by atoms with Crippen LogP contribution in [-0.4, -0.2) is 49.8 Å². The number of nitrogens with one attached hydrogen (secondary N) is 1. The summed E-state index contributed by atoms with van der Waals surface area (Å²) in [6, 6.07) is 20.1. The molecule has 7 nitrogen and oxygen atoms in total. The molecule has 0 aliphatic rings. The first-order valence-corrected chi connectivity index (χ1v) is 14.2. The highest BCUT2D eigenvalue weighted by molar-refractivity contribution is 7.92. The van der Waals surface area contributed by atoms with Crippen molar-refractivity contribution in [1.29, 1.82) is 0 Å². The quantitative estimate of drug-likeness (QED) is 0.394. The van der Waals surface area contributed by atoms with Gasteiger partial charge in [-0.2, -0.15) is 0 Å². The first-order valence-electron chi connectivity index (χ1n) is 12.8. The largest absolute Gasteiger partial charge is 0.350 e.